The van der Waals surface area contributed by atoms with Crippen molar-refractivity contribution in [1.82, 2.24) is 14.8 Å². The quantitative estimate of drug-likeness (QED) is 0.782. The number of piperazine rings is 1. The van der Waals surface area contributed by atoms with E-state index in [0.717, 1.165) is 12.2 Å². The first-order chi connectivity index (χ1) is 8.72. The van der Waals surface area contributed by atoms with Gasteiger partial charge in [0, 0.05) is 19.3 Å². The molecule has 1 unspecified atom stereocenters. The molecule has 18 heavy (non-hydrogen) atoms. The van der Waals surface area contributed by atoms with Gasteiger partial charge >= 0.3 is 0 Å². The largest absolute Gasteiger partial charge is 0.334 e. The molecule has 1 fully saturated rings. The molecule has 5 nitrogen and oxygen atoms in total. The van der Waals surface area contributed by atoms with Crippen LogP contribution in [0.1, 0.15) is 12.1 Å². The van der Waals surface area contributed by atoms with Crippen LogP contribution in [0.15, 0.2) is 24.4 Å². The Labute approximate surface area is 107 Å². The highest BCUT2D eigenvalue weighted by Crippen LogP contribution is 2.14. The fourth-order valence-corrected chi connectivity index (χ4v) is 2.12. The molecule has 1 aliphatic heterocycles. The molecule has 0 spiro atoms. The van der Waals surface area contributed by atoms with E-state index in [0.29, 0.717) is 13.1 Å². The van der Waals surface area contributed by atoms with E-state index in [9.17, 15) is 4.79 Å². The molecular formula is C13H16N4O. The summed E-state index contributed by atoms with van der Waals surface area (Å²) >= 11 is 0. The summed E-state index contributed by atoms with van der Waals surface area (Å²) in [6.45, 7) is 2.01. The van der Waals surface area contributed by atoms with Crippen LogP contribution in [-0.4, -0.2) is 46.9 Å². The number of nitrogens with zero attached hydrogens (tertiary/aromatic N) is 4. The number of rotatable bonds is 3. The zero-order valence-electron chi connectivity index (χ0n) is 10.4. The number of carbonyl (C=O) groups excluding carboxylic acids is 1. The predicted octanol–water partition coefficient (Wildman–Crippen LogP) is 0.638. The van der Waals surface area contributed by atoms with Gasteiger partial charge in [-0.3, -0.25) is 14.7 Å². The van der Waals surface area contributed by atoms with Crippen LogP contribution in [0.5, 0.6) is 0 Å². The summed E-state index contributed by atoms with van der Waals surface area (Å²) in [6.07, 6.45) is 1.97. The molecule has 1 aromatic rings. The number of carbonyl (C=O) groups is 1. The topological polar surface area (TPSA) is 60.2 Å². The van der Waals surface area contributed by atoms with Crippen LogP contribution in [0.25, 0.3) is 0 Å². The van der Waals surface area contributed by atoms with Crippen LogP contribution in [0.3, 0.4) is 0 Å². The number of pyridine rings is 1. The minimum absolute atomic E-state index is 0.0240. The fraction of sp³-hybridized carbons (Fsp3) is 0.462. The van der Waals surface area contributed by atoms with Gasteiger partial charge in [0.2, 0.25) is 5.91 Å². The monoisotopic (exact) mass is 244 g/mol. The van der Waals surface area contributed by atoms with Gasteiger partial charge in [0.15, 0.2) is 0 Å². The molecule has 2 rings (SSSR count). The maximum absolute atomic E-state index is 12.2. The van der Waals surface area contributed by atoms with Gasteiger partial charge in [0.1, 0.15) is 6.04 Å². The summed E-state index contributed by atoms with van der Waals surface area (Å²) in [5, 5.41) is 8.77. The molecule has 0 radical (unpaired) electrons. The van der Waals surface area contributed by atoms with Gasteiger partial charge in [0.25, 0.3) is 0 Å². The number of nitriles is 1. The van der Waals surface area contributed by atoms with Crippen LogP contribution in [0, 0.1) is 11.3 Å². The van der Waals surface area contributed by atoms with E-state index >= 15 is 0 Å². The summed E-state index contributed by atoms with van der Waals surface area (Å²) in [7, 11) is 1.89. The van der Waals surface area contributed by atoms with Crippen molar-refractivity contribution in [2.45, 2.75) is 19.0 Å². The Hall–Kier alpha value is -1.93. The lowest BCUT2D eigenvalue weighted by atomic mass is 10.1. The van der Waals surface area contributed by atoms with Crippen molar-refractivity contribution in [3.05, 3.63) is 30.1 Å². The van der Waals surface area contributed by atoms with Crippen LogP contribution in [0.2, 0.25) is 0 Å². The highest BCUT2D eigenvalue weighted by molar-refractivity contribution is 5.82. The van der Waals surface area contributed by atoms with E-state index < -0.39 is 0 Å². The summed E-state index contributed by atoms with van der Waals surface area (Å²) in [6, 6.07) is 7.44. The highest BCUT2D eigenvalue weighted by Gasteiger charge is 2.32. The third kappa shape index (κ3) is 2.66. The first kappa shape index (κ1) is 12.5. The molecule has 0 N–H and O–H groups in total. The van der Waals surface area contributed by atoms with Crippen molar-refractivity contribution in [3.8, 4) is 6.07 Å². The molecule has 0 saturated carbocycles. The molecule has 5 heteroatoms. The average Bonchev–Trinajstić information content (AvgIpc) is 2.39. The Morgan fingerprint density at radius 2 is 2.33 bits per heavy atom. The Kier molecular flexibility index (Phi) is 3.90. The summed E-state index contributed by atoms with van der Waals surface area (Å²) in [5.41, 5.74) is 0.881. The minimum Gasteiger partial charge on any atom is -0.334 e. The standard InChI is InChI=1S/C13H16N4O/c1-16-8-9-17(13(18)12(16)5-6-14)10-11-4-2-3-7-15-11/h2-4,7,12H,5,8-10H2,1H3. The van der Waals surface area contributed by atoms with E-state index in [1.54, 1.807) is 11.1 Å². The normalized spacial score (nSPS) is 20.8. The Balaban J connectivity index is 2.06. The number of likely N-dealkylation sites (N-methyl/N-ethyl adjacent to an activating group) is 1. The van der Waals surface area contributed by atoms with Crippen molar-refractivity contribution in [1.29, 1.82) is 5.26 Å². The molecule has 1 saturated heterocycles. The second kappa shape index (κ2) is 5.61. The van der Waals surface area contributed by atoms with Gasteiger partial charge in [-0.15, -0.1) is 0 Å². The van der Waals surface area contributed by atoms with Crippen molar-refractivity contribution in [2.24, 2.45) is 0 Å². The van der Waals surface area contributed by atoms with Crippen molar-refractivity contribution in [2.75, 3.05) is 20.1 Å². The number of amides is 1. The lowest BCUT2D eigenvalue weighted by Crippen LogP contribution is -2.55. The van der Waals surface area contributed by atoms with Crippen LogP contribution in [-0.2, 0) is 11.3 Å². The molecular weight excluding hydrogens is 228 g/mol. The Morgan fingerprint density at radius 3 is 3.00 bits per heavy atom. The summed E-state index contributed by atoms with van der Waals surface area (Å²) in [4.78, 5) is 20.2. The smallest absolute Gasteiger partial charge is 0.241 e. The lowest BCUT2D eigenvalue weighted by molar-refractivity contribution is -0.141. The first-order valence-electron chi connectivity index (χ1n) is 5.98. The predicted molar refractivity (Wildman–Crippen MR) is 66.3 cm³/mol. The van der Waals surface area contributed by atoms with Crippen molar-refractivity contribution >= 4 is 5.91 Å². The van der Waals surface area contributed by atoms with Gasteiger partial charge in [-0.05, 0) is 19.2 Å². The fourth-order valence-electron chi connectivity index (χ4n) is 2.12. The van der Waals surface area contributed by atoms with Gasteiger partial charge in [-0.1, -0.05) is 6.07 Å². The summed E-state index contributed by atoms with van der Waals surface area (Å²) < 4.78 is 0. The lowest BCUT2D eigenvalue weighted by Gasteiger charge is -2.37. The first-order valence-corrected chi connectivity index (χ1v) is 5.98. The third-order valence-electron chi connectivity index (χ3n) is 3.22. The van der Waals surface area contributed by atoms with Crippen LogP contribution >= 0.6 is 0 Å². The minimum atomic E-state index is -0.313. The molecule has 1 aliphatic rings. The van der Waals surface area contributed by atoms with Crippen LogP contribution < -0.4 is 0 Å². The molecule has 1 atom stereocenters. The SMILES string of the molecule is CN1CCN(Cc2ccccn2)C(=O)C1CC#N. The van der Waals surface area contributed by atoms with E-state index in [-0.39, 0.29) is 18.4 Å². The maximum atomic E-state index is 12.2. The van der Waals surface area contributed by atoms with E-state index in [1.807, 2.05) is 30.1 Å². The molecule has 94 valence electrons. The zero-order chi connectivity index (χ0) is 13.0. The van der Waals surface area contributed by atoms with E-state index in [1.165, 1.54) is 0 Å². The molecule has 1 aromatic heterocycles. The van der Waals surface area contributed by atoms with Crippen LogP contribution in [0.4, 0.5) is 0 Å². The van der Waals surface area contributed by atoms with E-state index in [2.05, 4.69) is 11.1 Å². The number of hydrogen-bond acceptors (Lipinski definition) is 4. The molecule has 0 aromatic carbocycles. The zero-order valence-corrected chi connectivity index (χ0v) is 10.4. The molecule has 1 amide bonds. The Bertz CT molecular complexity index is 454. The average molecular weight is 244 g/mol. The van der Waals surface area contributed by atoms with Crippen molar-refractivity contribution < 1.29 is 4.79 Å². The van der Waals surface area contributed by atoms with Crippen molar-refractivity contribution in [3.63, 3.8) is 0 Å². The van der Waals surface area contributed by atoms with Gasteiger partial charge in [0.05, 0.1) is 24.7 Å². The summed E-state index contributed by atoms with van der Waals surface area (Å²) in [5.74, 6) is 0.0240. The van der Waals surface area contributed by atoms with E-state index in [4.69, 9.17) is 5.26 Å². The van der Waals surface area contributed by atoms with Gasteiger partial charge < -0.3 is 4.90 Å². The second-order valence-corrected chi connectivity index (χ2v) is 4.44. The third-order valence-corrected chi connectivity index (χ3v) is 3.22. The van der Waals surface area contributed by atoms with Gasteiger partial charge in [-0.25, -0.2) is 0 Å². The molecule has 2 heterocycles. The maximum Gasteiger partial charge on any atom is 0.241 e. The van der Waals surface area contributed by atoms with Gasteiger partial charge in [-0.2, -0.15) is 5.26 Å². The number of aromatic nitrogens is 1. The molecule has 0 aliphatic carbocycles. The second-order valence-electron chi connectivity index (χ2n) is 4.44. The molecule has 0 bridgehead atoms. The highest BCUT2D eigenvalue weighted by atomic mass is 16.2. The number of hydrogen-bond donors (Lipinski definition) is 0. The Morgan fingerprint density at radius 1 is 1.50 bits per heavy atom.